The standard InChI is InChI=1S/C23H27N7O/c1-13-6-18(28-9-15(3)24-16(4)10-28)12-29-21(31)8-19(26-22(13)29)20-7-14(2)23-25-17(5)11-30(23)27-20/h6-8,11-12,15-16,24H,9-10H2,1-5H3/t15-,16+. The first-order valence-corrected chi connectivity index (χ1v) is 10.7. The Hall–Kier alpha value is -3.26. The third-order valence-corrected chi connectivity index (χ3v) is 5.85. The molecular weight excluding hydrogens is 390 g/mol. The third-order valence-electron chi connectivity index (χ3n) is 5.85. The van der Waals surface area contributed by atoms with Crippen LogP contribution in [-0.2, 0) is 0 Å². The lowest BCUT2D eigenvalue weighted by molar-refractivity contribution is 0.406. The first kappa shape index (κ1) is 19.7. The Kier molecular flexibility index (Phi) is 4.55. The summed E-state index contributed by atoms with van der Waals surface area (Å²) in [4.78, 5) is 24.7. The van der Waals surface area contributed by atoms with Gasteiger partial charge in [0.1, 0.15) is 11.3 Å². The number of fused-ring (bicyclic) bond motifs is 2. The molecule has 0 aliphatic carbocycles. The molecule has 4 aromatic heterocycles. The average Bonchev–Trinajstić information content (AvgIpc) is 3.08. The summed E-state index contributed by atoms with van der Waals surface area (Å²) in [5, 5.41) is 8.19. The van der Waals surface area contributed by atoms with Gasteiger partial charge in [-0.15, -0.1) is 0 Å². The van der Waals surface area contributed by atoms with Gasteiger partial charge in [-0.05, 0) is 57.9 Å². The van der Waals surface area contributed by atoms with Crippen LogP contribution < -0.4 is 15.8 Å². The maximum atomic E-state index is 13.1. The molecule has 1 aliphatic rings. The number of nitrogens with one attached hydrogen (secondary N) is 1. The highest BCUT2D eigenvalue weighted by Gasteiger charge is 2.22. The van der Waals surface area contributed by atoms with E-state index < -0.39 is 0 Å². The summed E-state index contributed by atoms with van der Waals surface area (Å²) in [7, 11) is 0. The van der Waals surface area contributed by atoms with E-state index in [0.717, 1.165) is 41.2 Å². The zero-order valence-corrected chi connectivity index (χ0v) is 18.5. The second kappa shape index (κ2) is 7.16. The van der Waals surface area contributed by atoms with E-state index in [0.29, 0.717) is 29.1 Å². The van der Waals surface area contributed by atoms with Gasteiger partial charge in [-0.25, -0.2) is 14.5 Å². The van der Waals surface area contributed by atoms with Gasteiger partial charge in [0.2, 0.25) is 0 Å². The van der Waals surface area contributed by atoms with Gasteiger partial charge in [0.25, 0.3) is 5.56 Å². The van der Waals surface area contributed by atoms with E-state index in [9.17, 15) is 4.79 Å². The Morgan fingerprint density at radius 3 is 2.35 bits per heavy atom. The second-order valence-corrected chi connectivity index (χ2v) is 8.79. The molecule has 8 nitrogen and oxygen atoms in total. The fraction of sp³-hybridized carbons (Fsp3) is 0.391. The van der Waals surface area contributed by atoms with Gasteiger partial charge in [-0.2, -0.15) is 5.10 Å². The molecule has 1 N–H and O–H groups in total. The first-order valence-electron chi connectivity index (χ1n) is 10.7. The van der Waals surface area contributed by atoms with Gasteiger partial charge < -0.3 is 10.2 Å². The molecule has 5 rings (SSSR count). The Labute approximate surface area is 180 Å². The van der Waals surface area contributed by atoms with Crippen LogP contribution in [0.1, 0.15) is 30.7 Å². The molecule has 0 spiro atoms. The van der Waals surface area contributed by atoms with E-state index in [4.69, 9.17) is 4.98 Å². The Morgan fingerprint density at radius 2 is 1.61 bits per heavy atom. The molecule has 0 aromatic carbocycles. The lowest BCUT2D eigenvalue weighted by Gasteiger charge is -2.37. The fourth-order valence-electron chi connectivity index (χ4n) is 4.56. The number of nitrogens with zero attached hydrogens (tertiary/aromatic N) is 6. The minimum Gasteiger partial charge on any atom is -0.367 e. The van der Waals surface area contributed by atoms with Gasteiger partial charge >= 0.3 is 0 Å². The van der Waals surface area contributed by atoms with Crippen LogP contribution >= 0.6 is 0 Å². The molecule has 5 heterocycles. The van der Waals surface area contributed by atoms with Crippen molar-refractivity contribution in [3.8, 4) is 11.4 Å². The molecule has 1 fully saturated rings. The Balaban J connectivity index is 1.62. The highest BCUT2D eigenvalue weighted by atomic mass is 16.1. The van der Waals surface area contributed by atoms with Crippen molar-refractivity contribution < 1.29 is 0 Å². The third kappa shape index (κ3) is 3.46. The van der Waals surface area contributed by atoms with E-state index >= 15 is 0 Å². The number of pyridine rings is 1. The predicted octanol–water partition coefficient (Wildman–Crippen LogP) is 2.52. The number of anilines is 1. The monoisotopic (exact) mass is 417 g/mol. The molecule has 0 radical (unpaired) electrons. The number of hydrogen-bond acceptors (Lipinski definition) is 6. The topological polar surface area (TPSA) is 79.8 Å². The van der Waals surface area contributed by atoms with E-state index in [1.165, 1.54) is 0 Å². The van der Waals surface area contributed by atoms with Crippen LogP contribution in [0.25, 0.3) is 22.7 Å². The van der Waals surface area contributed by atoms with Crippen LogP contribution in [0.4, 0.5) is 5.69 Å². The van der Waals surface area contributed by atoms with Crippen LogP contribution in [0.15, 0.2) is 35.4 Å². The summed E-state index contributed by atoms with van der Waals surface area (Å²) in [6, 6.07) is 6.42. The van der Waals surface area contributed by atoms with Crippen molar-refractivity contribution >= 4 is 17.0 Å². The van der Waals surface area contributed by atoms with Crippen molar-refractivity contribution in [1.82, 2.24) is 29.3 Å². The molecule has 31 heavy (non-hydrogen) atoms. The molecule has 0 bridgehead atoms. The lowest BCUT2D eigenvalue weighted by Crippen LogP contribution is -2.54. The summed E-state index contributed by atoms with van der Waals surface area (Å²) < 4.78 is 3.41. The van der Waals surface area contributed by atoms with Crippen molar-refractivity contribution in [3.05, 3.63) is 57.8 Å². The van der Waals surface area contributed by atoms with Crippen molar-refractivity contribution in [3.63, 3.8) is 0 Å². The Bertz CT molecular complexity index is 1360. The highest BCUT2D eigenvalue weighted by molar-refractivity contribution is 5.64. The summed E-state index contributed by atoms with van der Waals surface area (Å²) in [5.41, 5.74) is 6.51. The quantitative estimate of drug-likeness (QED) is 0.540. The summed E-state index contributed by atoms with van der Waals surface area (Å²) in [5.74, 6) is 0. The fourth-order valence-corrected chi connectivity index (χ4v) is 4.56. The average molecular weight is 418 g/mol. The molecule has 160 valence electrons. The van der Waals surface area contributed by atoms with E-state index in [1.54, 1.807) is 15.0 Å². The molecule has 0 amide bonds. The molecule has 0 unspecified atom stereocenters. The van der Waals surface area contributed by atoms with Crippen molar-refractivity contribution in [2.75, 3.05) is 18.0 Å². The molecule has 0 saturated carbocycles. The maximum absolute atomic E-state index is 13.1. The summed E-state index contributed by atoms with van der Waals surface area (Å²) >= 11 is 0. The second-order valence-electron chi connectivity index (χ2n) is 8.79. The van der Waals surface area contributed by atoms with Gasteiger partial charge in [-0.1, -0.05) is 0 Å². The van der Waals surface area contributed by atoms with Crippen LogP contribution in [-0.4, -0.2) is 49.2 Å². The maximum Gasteiger partial charge on any atom is 0.258 e. The van der Waals surface area contributed by atoms with Gasteiger partial charge in [0.15, 0.2) is 5.65 Å². The number of imidazole rings is 1. The molecule has 8 heteroatoms. The van der Waals surface area contributed by atoms with Crippen molar-refractivity contribution in [2.24, 2.45) is 0 Å². The number of aromatic nitrogens is 5. The molecule has 1 aliphatic heterocycles. The minimum atomic E-state index is -0.109. The number of rotatable bonds is 2. The number of aryl methyl sites for hydroxylation is 3. The van der Waals surface area contributed by atoms with Gasteiger partial charge in [0, 0.05) is 37.4 Å². The minimum absolute atomic E-state index is 0.109. The van der Waals surface area contributed by atoms with Gasteiger partial charge in [-0.3, -0.25) is 9.20 Å². The number of piperazine rings is 1. The molecule has 1 saturated heterocycles. The first-order chi connectivity index (χ1) is 14.8. The van der Waals surface area contributed by atoms with Crippen LogP contribution in [0.2, 0.25) is 0 Å². The Morgan fingerprint density at radius 1 is 0.903 bits per heavy atom. The number of hydrogen-bond donors (Lipinski definition) is 1. The van der Waals surface area contributed by atoms with E-state index in [1.807, 2.05) is 39.2 Å². The van der Waals surface area contributed by atoms with E-state index in [2.05, 4.69) is 40.2 Å². The zero-order chi connectivity index (χ0) is 21.9. The van der Waals surface area contributed by atoms with Crippen LogP contribution in [0.5, 0.6) is 0 Å². The molecule has 4 aromatic rings. The molecule has 2 atom stereocenters. The van der Waals surface area contributed by atoms with Crippen LogP contribution in [0.3, 0.4) is 0 Å². The lowest BCUT2D eigenvalue weighted by atomic mass is 10.1. The van der Waals surface area contributed by atoms with Crippen molar-refractivity contribution in [1.29, 1.82) is 0 Å². The normalized spacial score (nSPS) is 19.5. The predicted molar refractivity (Wildman–Crippen MR) is 122 cm³/mol. The summed E-state index contributed by atoms with van der Waals surface area (Å²) in [6.45, 7) is 12.1. The summed E-state index contributed by atoms with van der Waals surface area (Å²) in [6.07, 6.45) is 3.79. The highest BCUT2D eigenvalue weighted by Crippen LogP contribution is 2.23. The van der Waals surface area contributed by atoms with Gasteiger partial charge in [0.05, 0.1) is 23.3 Å². The zero-order valence-electron chi connectivity index (χ0n) is 18.5. The largest absolute Gasteiger partial charge is 0.367 e. The smallest absolute Gasteiger partial charge is 0.258 e. The molecular formula is C23H27N7O. The van der Waals surface area contributed by atoms with Crippen molar-refractivity contribution in [2.45, 2.75) is 46.7 Å². The van der Waals surface area contributed by atoms with E-state index in [-0.39, 0.29) is 5.56 Å². The van der Waals surface area contributed by atoms with Crippen LogP contribution in [0, 0.1) is 20.8 Å². The SMILES string of the molecule is Cc1cn2nc(-c3cc(=O)n4cc(N5C[C@@H](C)N[C@@H](C)C5)cc(C)c4n3)cc(C)c2n1.